The van der Waals surface area contributed by atoms with Gasteiger partial charge in [0, 0.05) is 37.3 Å². The molecule has 6 rings (SSSR count). The molecule has 6 heteroatoms. The second-order valence-electron chi connectivity index (χ2n) is 8.69. The Hall–Kier alpha value is -3.01. The summed E-state index contributed by atoms with van der Waals surface area (Å²) in [5.74, 6) is 2.71. The Labute approximate surface area is 182 Å². The van der Waals surface area contributed by atoms with E-state index in [9.17, 15) is 0 Å². The maximum atomic E-state index is 9.08. The molecule has 0 amide bonds. The SMILES string of the molecule is Cc1nc(-c2ccco2)cc([C@H]2CN3CC[C@H]2C[C@@H]3CNCc2cccc(C#N)c2)n1. The lowest BCUT2D eigenvalue weighted by atomic mass is 9.74. The molecule has 3 aliphatic rings. The fourth-order valence-electron chi connectivity index (χ4n) is 5.15. The van der Waals surface area contributed by atoms with Gasteiger partial charge in [0.1, 0.15) is 11.5 Å². The van der Waals surface area contributed by atoms with E-state index in [2.05, 4.69) is 33.4 Å². The molecular weight excluding hydrogens is 386 g/mol. The molecule has 3 aliphatic heterocycles. The summed E-state index contributed by atoms with van der Waals surface area (Å²) >= 11 is 0. The van der Waals surface area contributed by atoms with Crippen LogP contribution in [0.3, 0.4) is 0 Å². The maximum Gasteiger partial charge on any atom is 0.152 e. The van der Waals surface area contributed by atoms with Crippen molar-refractivity contribution in [2.75, 3.05) is 19.6 Å². The lowest BCUT2D eigenvalue weighted by Gasteiger charge is -2.50. The van der Waals surface area contributed by atoms with E-state index in [4.69, 9.17) is 14.7 Å². The fraction of sp³-hybridized carbons (Fsp3) is 0.400. The monoisotopic (exact) mass is 413 g/mol. The molecule has 0 saturated carbocycles. The number of nitriles is 1. The first-order chi connectivity index (χ1) is 15.2. The minimum atomic E-state index is 0.452. The van der Waals surface area contributed by atoms with Crippen LogP contribution in [0.5, 0.6) is 0 Å². The van der Waals surface area contributed by atoms with Crippen molar-refractivity contribution in [1.29, 1.82) is 5.26 Å². The predicted octanol–water partition coefficient (Wildman–Crippen LogP) is 3.88. The van der Waals surface area contributed by atoms with Gasteiger partial charge in [0.25, 0.3) is 0 Å². The summed E-state index contributed by atoms with van der Waals surface area (Å²) in [6.07, 6.45) is 4.11. The number of piperidine rings is 3. The lowest BCUT2D eigenvalue weighted by molar-refractivity contribution is 0.0292. The van der Waals surface area contributed by atoms with E-state index < -0.39 is 0 Å². The molecule has 3 aromatic rings. The van der Waals surface area contributed by atoms with E-state index in [1.54, 1.807) is 6.26 Å². The van der Waals surface area contributed by atoms with Gasteiger partial charge in [-0.25, -0.2) is 9.97 Å². The van der Waals surface area contributed by atoms with Crippen LogP contribution in [-0.2, 0) is 6.54 Å². The highest BCUT2D eigenvalue weighted by Crippen LogP contribution is 2.41. The number of aryl methyl sites for hydroxylation is 1. The number of furan rings is 1. The molecule has 1 N–H and O–H groups in total. The number of nitrogens with zero attached hydrogens (tertiary/aromatic N) is 4. The zero-order valence-corrected chi connectivity index (χ0v) is 17.8. The summed E-state index contributed by atoms with van der Waals surface area (Å²) in [6, 6.07) is 16.6. The van der Waals surface area contributed by atoms with Crippen molar-refractivity contribution in [3.05, 3.63) is 71.4 Å². The highest BCUT2D eigenvalue weighted by Gasteiger charge is 2.41. The minimum Gasteiger partial charge on any atom is -0.463 e. The third kappa shape index (κ3) is 4.25. The summed E-state index contributed by atoms with van der Waals surface area (Å²) in [5.41, 5.74) is 3.90. The van der Waals surface area contributed by atoms with Crippen LogP contribution in [0.25, 0.3) is 11.5 Å². The van der Waals surface area contributed by atoms with Crippen molar-refractivity contribution in [2.24, 2.45) is 5.92 Å². The van der Waals surface area contributed by atoms with Crippen LogP contribution < -0.4 is 5.32 Å². The number of hydrogen-bond acceptors (Lipinski definition) is 6. The third-order valence-electron chi connectivity index (χ3n) is 6.66. The first-order valence-electron chi connectivity index (χ1n) is 11.0. The topological polar surface area (TPSA) is 78.0 Å². The van der Waals surface area contributed by atoms with Gasteiger partial charge in [0.2, 0.25) is 0 Å². The highest BCUT2D eigenvalue weighted by atomic mass is 16.3. The molecule has 2 bridgehead atoms. The number of nitrogens with one attached hydrogen (secondary N) is 1. The lowest BCUT2D eigenvalue weighted by Crippen LogP contribution is -2.55. The van der Waals surface area contributed by atoms with E-state index in [0.29, 0.717) is 17.9 Å². The Morgan fingerprint density at radius 2 is 2.16 bits per heavy atom. The van der Waals surface area contributed by atoms with Crippen molar-refractivity contribution < 1.29 is 4.42 Å². The maximum absolute atomic E-state index is 9.08. The van der Waals surface area contributed by atoms with E-state index in [1.165, 1.54) is 12.8 Å². The number of aromatic nitrogens is 2. The Kier molecular flexibility index (Phi) is 5.54. The number of hydrogen-bond donors (Lipinski definition) is 1. The summed E-state index contributed by atoms with van der Waals surface area (Å²) in [5, 5.41) is 12.7. The molecule has 5 heterocycles. The smallest absolute Gasteiger partial charge is 0.152 e. The first-order valence-corrected chi connectivity index (χ1v) is 11.0. The van der Waals surface area contributed by atoms with E-state index >= 15 is 0 Å². The molecule has 0 spiro atoms. The second kappa shape index (κ2) is 8.62. The van der Waals surface area contributed by atoms with Crippen LogP contribution in [-0.4, -0.2) is 40.5 Å². The molecule has 0 aliphatic carbocycles. The molecule has 1 aromatic carbocycles. The van der Waals surface area contributed by atoms with Gasteiger partial charge in [0.15, 0.2) is 5.76 Å². The molecule has 4 atom stereocenters. The van der Waals surface area contributed by atoms with Crippen molar-refractivity contribution in [1.82, 2.24) is 20.2 Å². The van der Waals surface area contributed by atoms with E-state index in [1.807, 2.05) is 37.3 Å². The molecule has 1 unspecified atom stereocenters. The zero-order chi connectivity index (χ0) is 21.2. The van der Waals surface area contributed by atoms with Gasteiger partial charge in [0.05, 0.1) is 17.9 Å². The fourth-order valence-corrected chi connectivity index (χ4v) is 5.15. The van der Waals surface area contributed by atoms with Crippen molar-refractivity contribution in [3.63, 3.8) is 0 Å². The molecule has 158 valence electrons. The van der Waals surface area contributed by atoms with E-state index in [0.717, 1.165) is 60.3 Å². The zero-order valence-electron chi connectivity index (χ0n) is 17.8. The molecule has 31 heavy (non-hydrogen) atoms. The average Bonchev–Trinajstić information content (AvgIpc) is 3.34. The Morgan fingerprint density at radius 1 is 1.23 bits per heavy atom. The Morgan fingerprint density at radius 3 is 2.94 bits per heavy atom. The predicted molar refractivity (Wildman–Crippen MR) is 118 cm³/mol. The van der Waals surface area contributed by atoms with Gasteiger partial charge in [-0.05, 0) is 68.1 Å². The molecule has 6 nitrogen and oxygen atoms in total. The molecular formula is C25H27N5O. The van der Waals surface area contributed by atoms with Gasteiger partial charge in [-0.1, -0.05) is 12.1 Å². The number of fused-ring (bicyclic) bond motifs is 3. The van der Waals surface area contributed by atoms with Crippen LogP contribution >= 0.6 is 0 Å². The van der Waals surface area contributed by atoms with Crippen LogP contribution in [0.15, 0.2) is 53.1 Å². The normalized spacial score (nSPS) is 24.8. The molecule has 0 radical (unpaired) electrons. The van der Waals surface area contributed by atoms with Crippen LogP contribution in [0.4, 0.5) is 0 Å². The van der Waals surface area contributed by atoms with Crippen molar-refractivity contribution >= 4 is 0 Å². The van der Waals surface area contributed by atoms with Gasteiger partial charge in [-0.15, -0.1) is 0 Å². The summed E-state index contributed by atoms with van der Waals surface area (Å²) in [7, 11) is 0. The molecule has 2 aromatic heterocycles. The quantitative estimate of drug-likeness (QED) is 0.661. The van der Waals surface area contributed by atoms with Gasteiger partial charge < -0.3 is 9.73 Å². The van der Waals surface area contributed by atoms with Gasteiger partial charge in [-0.3, -0.25) is 4.90 Å². The van der Waals surface area contributed by atoms with Gasteiger partial charge >= 0.3 is 0 Å². The second-order valence-corrected chi connectivity index (χ2v) is 8.69. The Bertz CT molecular complexity index is 1090. The summed E-state index contributed by atoms with van der Waals surface area (Å²) < 4.78 is 5.56. The van der Waals surface area contributed by atoms with Crippen molar-refractivity contribution in [3.8, 4) is 17.5 Å². The van der Waals surface area contributed by atoms with Crippen molar-refractivity contribution in [2.45, 2.75) is 38.3 Å². The standard InChI is InChI=1S/C25H27N5O/c1-17-28-23(12-24(29-17)25-6-3-9-31-25)22-16-30-8-7-20(22)11-21(30)15-27-14-19-5-2-4-18(10-19)13-26/h2-6,9-10,12,20-22,27H,7-8,11,14-16H2,1H3/t20-,21+,22-/m0/s1. The third-order valence-corrected chi connectivity index (χ3v) is 6.66. The van der Waals surface area contributed by atoms with E-state index in [-0.39, 0.29) is 0 Å². The minimum absolute atomic E-state index is 0.452. The number of rotatable bonds is 6. The number of benzene rings is 1. The van der Waals surface area contributed by atoms with Crippen LogP contribution in [0.2, 0.25) is 0 Å². The first kappa shape index (κ1) is 19.9. The Balaban J connectivity index is 1.24. The summed E-state index contributed by atoms with van der Waals surface area (Å²) in [6.45, 7) is 5.94. The van der Waals surface area contributed by atoms with Crippen LogP contribution in [0, 0.1) is 24.2 Å². The highest BCUT2D eigenvalue weighted by molar-refractivity contribution is 5.52. The van der Waals surface area contributed by atoms with Gasteiger partial charge in [-0.2, -0.15) is 5.26 Å². The molecule has 3 fully saturated rings. The largest absolute Gasteiger partial charge is 0.463 e. The molecule has 3 saturated heterocycles. The average molecular weight is 414 g/mol. The van der Waals surface area contributed by atoms with Crippen LogP contribution in [0.1, 0.15) is 41.4 Å². The summed E-state index contributed by atoms with van der Waals surface area (Å²) in [4.78, 5) is 12.0.